The number of para-hydroxylation sites is 1. The first-order valence-electron chi connectivity index (χ1n) is 8.23. The van der Waals surface area contributed by atoms with Crippen molar-refractivity contribution in [3.63, 3.8) is 0 Å². The van der Waals surface area contributed by atoms with E-state index >= 15 is 0 Å². The minimum Gasteiger partial charge on any atom is -0.486 e. The lowest BCUT2D eigenvalue weighted by atomic mass is 10.3. The van der Waals surface area contributed by atoms with Crippen molar-refractivity contribution in [3.8, 4) is 17.2 Å². The van der Waals surface area contributed by atoms with Crippen LogP contribution in [-0.2, 0) is 6.61 Å². The molecule has 0 aliphatic carbocycles. The molecule has 0 aliphatic heterocycles. The number of ether oxygens (including phenoxy) is 2. The number of fused-ring (bicyclic) bond motifs is 1. The number of thiazole rings is 1. The molecule has 0 bridgehead atoms. The highest BCUT2D eigenvalue weighted by Gasteiger charge is 2.08. The summed E-state index contributed by atoms with van der Waals surface area (Å²) in [7, 11) is 0. The molecule has 1 aromatic heterocycles. The number of halogens is 2. The summed E-state index contributed by atoms with van der Waals surface area (Å²) in [6, 6.07) is 17.9. The molecule has 0 radical (unpaired) electrons. The molecule has 138 valence electrons. The Morgan fingerprint density at radius 2 is 1.64 bits per heavy atom. The van der Waals surface area contributed by atoms with E-state index in [4.69, 9.17) is 39.2 Å². The maximum atomic E-state index is 7.13. The Morgan fingerprint density at radius 1 is 0.929 bits per heavy atom. The first-order valence-corrected chi connectivity index (χ1v) is 9.80. The van der Waals surface area contributed by atoms with Crippen LogP contribution >= 0.6 is 34.5 Å². The Kier molecular flexibility index (Phi) is 5.36. The van der Waals surface area contributed by atoms with Crippen LogP contribution in [0.25, 0.3) is 15.1 Å². The molecule has 4 aromatic rings. The van der Waals surface area contributed by atoms with Crippen molar-refractivity contribution >= 4 is 50.4 Å². The van der Waals surface area contributed by atoms with Crippen molar-refractivity contribution < 1.29 is 9.47 Å². The molecule has 0 saturated heterocycles. The van der Waals surface area contributed by atoms with Crippen molar-refractivity contribution in [1.29, 1.82) is 0 Å². The quantitative estimate of drug-likeness (QED) is 0.309. The fraction of sp³-hybridized carbons (Fsp3) is 0.0476. The van der Waals surface area contributed by atoms with Crippen LogP contribution in [0.1, 0.15) is 5.01 Å². The van der Waals surface area contributed by atoms with E-state index in [1.807, 2.05) is 24.3 Å². The van der Waals surface area contributed by atoms with Gasteiger partial charge in [0.1, 0.15) is 28.9 Å². The highest BCUT2D eigenvalue weighted by Crippen LogP contribution is 2.33. The zero-order chi connectivity index (χ0) is 19.5. The largest absolute Gasteiger partial charge is 0.486 e. The average molecular weight is 427 g/mol. The van der Waals surface area contributed by atoms with Crippen molar-refractivity contribution in [2.45, 2.75) is 6.61 Å². The average Bonchev–Trinajstić information content (AvgIpc) is 3.08. The summed E-state index contributed by atoms with van der Waals surface area (Å²) in [5, 5.41) is 1.78. The molecule has 0 saturated carbocycles. The molecule has 28 heavy (non-hydrogen) atoms. The van der Waals surface area contributed by atoms with Gasteiger partial charge in [0.2, 0.25) is 0 Å². The summed E-state index contributed by atoms with van der Waals surface area (Å²) in [4.78, 5) is 7.93. The fourth-order valence-electron chi connectivity index (χ4n) is 2.61. The van der Waals surface area contributed by atoms with Gasteiger partial charge in [-0.3, -0.25) is 0 Å². The lowest BCUT2D eigenvalue weighted by molar-refractivity contribution is 0.304. The van der Waals surface area contributed by atoms with Crippen LogP contribution in [0.15, 0.2) is 60.7 Å². The smallest absolute Gasteiger partial charge is 0.192 e. The third-order valence-corrected chi connectivity index (χ3v) is 5.21. The minimum atomic E-state index is 0.332. The third kappa shape index (κ3) is 4.37. The van der Waals surface area contributed by atoms with Crippen molar-refractivity contribution in [1.82, 2.24) is 4.98 Å². The van der Waals surface area contributed by atoms with Crippen LogP contribution in [0.2, 0.25) is 10.0 Å². The van der Waals surface area contributed by atoms with Gasteiger partial charge in [-0.2, -0.15) is 0 Å². The van der Waals surface area contributed by atoms with Gasteiger partial charge in [-0.1, -0.05) is 35.3 Å². The monoisotopic (exact) mass is 426 g/mol. The lowest BCUT2D eigenvalue weighted by Gasteiger charge is -2.10. The molecule has 0 amide bonds. The van der Waals surface area contributed by atoms with Crippen molar-refractivity contribution in [2.24, 2.45) is 0 Å². The van der Waals surface area contributed by atoms with E-state index in [1.165, 1.54) is 0 Å². The van der Waals surface area contributed by atoms with Gasteiger partial charge in [0.25, 0.3) is 0 Å². The molecule has 1 heterocycles. The second kappa shape index (κ2) is 8.07. The van der Waals surface area contributed by atoms with Crippen LogP contribution < -0.4 is 9.47 Å². The van der Waals surface area contributed by atoms with Gasteiger partial charge in [-0.05, 0) is 42.5 Å². The van der Waals surface area contributed by atoms with Crippen LogP contribution in [-0.4, -0.2) is 4.98 Å². The predicted molar refractivity (Wildman–Crippen MR) is 113 cm³/mol. The molecule has 3 aromatic carbocycles. The van der Waals surface area contributed by atoms with Crippen LogP contribution in [0, 0.1) is 6.57 Å². The Labute approximate surface area is 175 Å². The maximum absolute atomic E-state index is 7.13. The molecule has 0 spiro atoms. The van der Waals surface area contributed by atoms with Gasteiger partial charge in [-0.25, -0.2) is 9.83 Å². The van der Waals surface area contributed by atoms with E-state index in [-0.39, 0.29) is 0 Å². The third-order valence-electron chi connectivity index (χ3n) is 3.77. The number of nitrogens with zero attached hydrogens (tertiary/aromatic N) is 2. The molecule has 4 rings (SSSR count). The van der Waals surface area contributed by atoms with E-state index in [9.17, 15) is 0 Å². The van der Waals surface area contributed by atoms with Gasteiger partial charge in [0.15, 0.2) is 5.69 Å². The van der Waals surface area contributed by atoms with Crippen LogP contribution in [0.5, 0.6) is 17.2 Å². The number of hydrogen-bond donors (Lipinski definition) is 0. The van der Waals surface area contributed by atoms with Gasteiger partial charge < -0.3 is 9.47 Å². The van der Waals surface area contributed by atoms with E-state index in [0.717, 1.165) is 15.2 Å². The van der Waals surface area contributed by atoms with E-state index in [2.05, 4.69) is 9.83 Å². The summed E-state index contributed by atoms with van der Waals surface area (Å²) in [6.07, 6.45) is 0. The highest BCUT2D eigenvalue weighted by atomic mass is 35.5. The second-order valence-corrected chi connectivity index (χ2v) is 7.83. The van der Waals surface area contributed by atoms with Gasteiger partial charge in [-0.15, -0.1) is 11.3 Å². The molecular formula is C21H12Cl2N2O2S. The van der Waals surface area contributed by atoms with Crippen LogP contribution in [0.3, 0.4) is 0 Å². The summed E-state index contributed by atoms with van der Waals surface area (Å²) < 4.78 is 12.8. The summed E-state index contributed by atoms with van der Waals surface area (Å²) in [5.41, 5.74) is 1.36. The molecule has 0 N–H and O–H groups in total. The number of benzene rings is 3. The molecule has 0 aliphatic rings. The standard InChI is InChI=1S/C21H12Cl2N2O2S/c1-24-15-6-13(22)8-17(10-15)27-18-9-14(23)7-16(11-18)26-12-21-25-19-4-2-3-5-20(19)28-21/h2-11H,12H2. The Hall–Kier alpha value is -2.78. The highest BCUT2D eigenvalue weighted by molar-refractivity contribution is 7.18. The second-order valence-electron chi connectivity index (χ2n) is 5.85. The fourth-order valence-corrected chi connectivity index (χ4v) is 3.93. The minimum absolute atomic E-state index is 0.332. The van der Waals surface area contributed by atoms with Gasteiger partial charge >= 0.3 is 0 Å². The zero-order valence-corrected chi connectivity index (χ0v) is 16.7. The topological polar surface area (TPSA) is 35.7 Å². The molecule has 0 atom stereocenters. The van der Waals surface area contributed by atoms with E-state index in [0.29, 0.717) is 39.6 Å². The first kappa shape index (κ1) is 18.6. The molecule has 0 unspecified atom stereocenters. The number of hydrogen-bond acceptors (Lipinski definition) is 4. The lowest BCUT2D eigenvalue weighted by Crippen LogP contribution is -1.95. The SMILES string of the molecule is [C-]#[N+]c1cc(Cl)cc(Oc2cc(Cl)cc(OCc3nc4ccccc4s3)c2)c1. The zero-order valence-electron chi connectivity index (χ0n) is 14.4. The Balaban J connectivity index is 1.52. The van der Waals surface area contributed by atoms with E-state index < -0.39 is 0 Å². The predicted octanol–water partition coefficient (Wildman–Crippen LogP) is 7.53. The maximum Gasteiger partial charge on any atom is 0.192 e. The Bertz CT molecular complexity index is 1170. The van der Waals surface area contributed by atoms with Crippen LogP contribution in [0.4, 0.5) is 5.69 Å². The summed E-state index contributed by atoms with van der Waals surface area (Å²) >= 11 is 13.8. The van der Waals surface area contributed by atoms with E-state index in [1.54, 1.807) is 47.7 Å². The molecule has 7 heteroatoms. The van der Waals surface area contributed by atoms with Crippen molar-refractivity contribution in [2.75, 3.05) is 0 Å². The summed E-state index contributed by atoms with van der Waals surface area (Å²) in [6.45, 7) is 7.46. The van der Waals surface area contributed by atoms with Gasteiger partial charge in [0.05, 0.1) is 16.8 Å². The molecule has 4 nitrogen and oxygen atoms in total. The number of rotatable bonds is 5. The number of aromatic nitrogens is 1. The molecular weight excluding hydrogens is 415 g/mol. The Morgan fingerprint density at radius 3 is 2.43 bits per heavy atom. The summed E-state index contributed by atoms with van der Waals surface area (Å²) in [5.74, 6) is 1.51. The van der Waals surface area contributed by atoms with Gasteiger partial charge in [0, 0.05) is 16.1 Å². The van der Waals surface area contributed by atoms with Crippen molar-refractivity contribution in [3.05, 3.63) is 87.1 Å². The first-order chi connectivity index (χ1) is 13.6. The molecule has 0 fully saturated rings. The normalized spacial score (nSPS) is 10.6.